The largest absolute Gasteiger partial charge is 0.459 e. The summed E-state index contributed by atoms with van der Waals surface area (Å²) in [6.07, 6.45) is 4.92. The van der Waals surface area contributed by atoms with Crippen molar-refractivity contribution in [3.8, 4) is 0 Å². The van der Waals surface area contributed by atoms with E-state index in [1.54, 1.807) is 24.2 Å². The highest BCUT2D eigenvalue weighted by molar-refractivity contribution is 5.92. The van der Waals surface area contributed by atoms with Gasteiger partial charge in [-0.1, -0.05) is 18.2 Å². The van der Waals surface area contributed by atoms with Gasteiger partial charge in [0.2, 0.25) is 11.8 Å². The molecule has 0 atom stereocenters. The fourth-order valence-electron chi connectivity index (χ4n) is 3.30. The third kappa shape index (κ3) is 4.46. The zero-order valence-electron chi connectivity index (χ0n) is 16.8. The number of rotatable bonds is 4. The van der Waals surface area contributed by atoms with Crippen LogP contribution < -0.4 is 10.6 Å². The van der Waals surface area contributed by atoms with Crippen molar-refractivity contribution in [2.75, 3.05) is 18.9 Å². The van der Waals surface area contributed by atoms with Crippen LogP contribution in [0.2, 0.25) is 0 Å². The molecule has 0 unspecified atom stereocenters. The Balaban J connectivity index is 0.00000256. The number of aryl methyl sites for hydroxylation is 1. The number of anilines is 1. The molecule has 156 valence electrons. The Kier molecular flexibility index (Phi) is 6.42. The predicted molar refractivity (Wildman–Crippen MR) is 118 cm³/mol. The summed E-state index contributed by atoms with van der Waals surface area (Å²) in [6.45, 7) is 3.01. The molecular weight excluding hydrogens is 404 g/mol. The van der Waals surface area contributed by atoms with Crippen LogP contribution in [0.5, 0.6) is 0 Å². The highest BCUT2D eigenvalue weighted by atomic mass is 35.5. The first-order valence-electron chi connectivity index (χ1n) is 9.41. The van der Waals surface area contributed by atoms with E-state index in [4.69, 9.17) is 4.42 Å². The summed E-state index contributed by atoms with van der Waals surface area (Å²) in [4.78, 5) is 30.0. The van der Waals surface area contributed by atoms with Crippen molar-refractivity contribution in [3.05, 3.63) is 65.1 Å². The second-order valence-corrected chi connectivity index (χ2v) is 7.08. The van der Waals surface area contributed by atoms with Gasteiger partial charge in [0.15, 0.2) is 0 Å². The number of halogens is 1. The molecule has 0 aliphatic carbocycles. The maximum Gasteiger partial charge on any atom is 0.246 e. The van der Waals surface area contributed by atoms with Crippen molar-refractivity contribution in [2.24, 2.45) is 0 Å². The predicted octanol–water partition coefficient (Wildman–Crippen LogP) is 3.27. The zero-order valence-corrected chi connectivity index (χ0v) is 17.6. The van der Waals surface area contributed by atoms with Gasteiger partial charge in [0.1, 0.15) is 17.2 Å². The lowest BCUT2D eigenvalue weighted by molar-refractivity contribution is -0.125. The number of benzene rings is 1. The van der Waals surface area contributed by atoms with E-state index in [0.717, 1.165) is 33.4 Å². The van der Waals surface area contributed by atoms with Gasteiger partial charge in [0.25, 0.3) is 0 Å². The molecule has 1 aliphatic heterocycles. The fraction of sp³-hybridized carbons (Fsp3) is 0.227. The molecule has 7 nitrogen and oxygen atoms in total. The zero-order chi connectivity index (χ0) is 20.4. The minimum absolute atomic E-state index is 0. The van der Waals surface area contributed by atoms with Gasteiger partial charge in [-0.25, -0.2) is 4.98 Å². The van der Waals surface area contributed by atoms with Crippen LogP contribution in [0.3, 0.4) is 0 Å². The maximum absolute atomic E-state index is 12.5. The van der Waals surface area contributed by atoms with E-state index in [1.807, 2.05) is 37.3 Å². The summed E-state index contributed by atoms with van der Waals surface area (Å²) in [6, 6.07) is 9.76. The molecule has 0 saturated carbocycles. The van der Waals surface area contributed by atoms with Crippen LogP contribution in [0.1, 0.15) is 22.5 Å². The average molecular weight is 427 g/mol. The topological polar surface area (TPSA) is 87.5 Å². The molecule has 0 radical (unpaired) electrons. The summed E-state index contributed by atoms with van der Waals surface area (Å²) < 4.78 is 5.90. The van der Waals surface area contributed by atoms with E-state index in [9.17, 15) is 9.59 Å². The molecule has 8 heteroatoms. The monoisotopic (exact) mass is 426 g/mol. The highest BCUT2D eigenvalue weighted by Gasteiger charge is 2.15. The lowest BCUT2D eigenvalue weighted by atomic mass is 10.1. The van der Waals surface area contributed by atoms with E-state index in [-0.39, 0.29) is 30.8 Å². The molecule has 3 aromatic rings. The Morgan fingerprint density at radius 1 is 1.27 bits per heavy atom. The summed E-state index contributed by atoms with van der Waals surface area (Å²) >= 11 is 0. The summed E-state index contributed by atoms with van der Waals surface area (Å²) in [5, 5.41) is 6.86. The molecule has 0 fully saturated rings. The number of fused-ring (bicyclic) bond motifs is 2. The molecule has 3 heterocycles. The van der Waals surface area contributed by atoms with Gasteiger partial charge in [-0.15, -0.1) is 12.4 Å². The molecule has 1 aliphatic rings. The third-order valence-corrected chi connectivity index (χ3v) is 5.00. The Labute approximate surface area is 180 Å². The van der Waals surface area contributed by atoms with E-state index in [1.165, 1.54) is 6.08 Å². The smallest absolute Gasteiger partial charge is 0.246 e. The Morgan fingerprint density at radius 2 is 2.07 bits per heavy atom. The van der Waals surface area contributed by atoms with Crippen molar-refractivity contribution in [1.82, 2.24) is 15.2 Å². The second-order valence-electron chi connectivity index (χ2n) is 7.08. The van der Waals surface area contributed by atoms with Crippen LogP contribution in [0.15, 0.2) is 47.0 Å². The summed E-state index contributed by atoms with van der Waals surface area (Å²) in [5.74, 6) is 1.26. The second kappa shape index (κ2) is 9.00. The van der Waals surface area contributed by atoms with E-state index >= 15 is 0 Å². The van der Waals surface area contributed by atoms with Crippen molar-refractivity contribution >= 4 is 47.1 Å². The number of carbonyl (C=O) groups excluding carboxylic acids is 2. The minimum atomic E-state index is -0.133. The number of amides is 2. The third-order valence-electron chi connectivity index (χ3n) is 5.00. The first kappa shape index (κ1) is 21.4. The summed E-state index contributed by atoms with van der Waals surface area (Å²) in [7, 11) is 1.74. The summed E-state index contributed by atoms with van der Waals surface area (Å²) in [5.41, 5.74) is 3.56. The van der Waals surface area contributed by atoms with Gasteiger partial charge in [0.05, 0.1) is 13.1 Å². The van der Waals surface area contributed by atoms with Crippen LogP contribution >= 0.6 is 12.4 Å². The maximum atomic E-state index is 12.5. The Bertz CT molecular complexity index is 1120. The first-order valence-corrected chi connectivity index (χ1v) is 9.41. The number of furan rings is 1. The number of pyridine rings is 1. The quantitative estimate of drug-likeness (QED) is 0.625. The molecule has 0 bridgehead atoms. The van der Waals surface area contributed by atoms with Gasteiger partial charge < -0.3 is 20.0 Å². The van der Waals surface area contributed by atoms with E-state index < -0.39 is 0 Å². The van der Waals surface area contributed by atoms with Gasteiger partial charge in [-0.05, 0) is 30.7 Å². The number of aromatic nitrogens is 1. The van der Waals surface area contributed by atoms with Crippen LogP contribution in [-0.4, -0.2) is 35.3 Å². The Morgan fingerprint density at radius 3 is 2.87 bits per heavy atom. The standard InChI is InChI=1S/C22H22N4O3.ClH/c1-14-17-5-3-4-6-18(17)29-19(14)13-26(2)21(28)8-7-15-9-16-11-23-20(27)12-25-22(16)24-10-15;/h3-10H,11-13H2,1-2H3,(H,23,27)(H,24,25);1H. The molecule has 2 aromatic heterocycles. The number of hydrogen-bond donors (Lipinski definition) is 2. The SMILES string of the molecule is Cc1c(CN(C)C(=O)C=Cc2cnc3c(c2)CNC(=O)CN3)oc2ccccc12.Cl. The number of likely N-dealkylation sites (N-methyl/N-ethyl adjacent to an activating group) is 1. The number of nitrogens with zero attached hydrogens (tertiary/aromatic N) is 2. The van der Waals surface area contributed by atoms with Crippen LogP contribution in [0, 0.1) is 6.92 Å². The van der Waals surface area contributed by atoms with Gasteiger partial charge >= 0.3 is 0 Å². The Hall–Kier alpha value is -3.32. The molecule has 2 amide bonds. The van der Waals surface area contributed by atoms with Gasteiger partial charge in [-0.3, -0.25) is 9.59 Å². The molecule has 0 spiro atoms. The fourth-order valence-corrected chi connectivity index (χ4v) is 3.30. The number of para-hydroxylation sites is 1. The molecule has 4 rings (SSSR count). The van der Waals surface area contributed by atoms with Crippen LogP contribution in [-0.2, 0) is 22.7 Å². The number of carbonyl (C=O) groups is 2. The normalized spacial score (nSPS) is 13.2. The number of hydrogen-bond acceptors (Lipinski definition) is 5. The lowest BCUT2D eigenvalue weighted by Gasteiger charge is -2.14. The van der Waals surface area contributed by atoms with Gasteiger partial charge in [-0.2, -0.15) is 0 Å². The number of nitrogens with one attached hydrogen (secondary N) is 2. The lowest BCUT2D eigenvalue weighted by Crippen LogP contribution is -2.25. The first-order chi connectivity index (χ1) is 14.0. The van der Waals surface area contributed by atoms with Gasteiger partial charge in [0, 0.05) is 42.4 Å². The molecule has 30 heavy (non-hydrogen) atoms. The molecule has 2 N–H and O–H groups in total. The van der Waals surface area contributed by atoms with Crippen molar-refractivity contribution in [2.45, 2.75) is 20.0 Å². The minimum Gasteiger partial charge on any atom is -0.459 e. The van der Waals surface area contributed by atoms with Crippen molar-refractivity contribution in [1.29, 1.82) is 0 Å². The van der Waals surface area contributed by atoms with E-state index in [0.29, 0.717) is 18.9 Å². The van der Waals surface area contributed by atoms with Crippen molar-refractivity contribution < 1.29 is 14.0 Å². The van der Waals surface area contributed by atoms with Crippen LogP contribution in [0.4, 0.5) is 5.82 Å². The molecule has 1 aromatic carbocycles. The van der Waals surface area contributed by atoms with Crippen LogP contribution in [0.25, 0.3) is 17.0 Å². The molecular formula is C22H23ClN4O3. The average Bonchev–Trinajstić information content (AvgIpc) is 2.92. The highest BCUT2D eigenvalue weighted by Crippen LogP contribution is 2.25. The van der Waals surface area contributed by atoms with Crippen molar-refractivity contribution in [3.63, 3.8) is 0 Å². The van der Waals surface area contributed by atoms with E-state index in [2.05, 4.69) is 15.6 Å². The molecule has 0 saturated heterocycles.